The van der Waals surface area contributed by atoms with E-state index < -0.39 is 21.3 Å². The van der Waals surface area contributed by atoms with Crippen molar-refractivity contribution >= 4 is 33.2 Å². The fourth-order valence-electron chi connectivity index (χ4n) is 1.52. The van der Waals surface area contributed by atoms with E-state index in [1.54, 1.807) is 45.0 Å². The molecule has 0 fully saturated rings. The van der Waals surface area contributed by atoms with E-state index in [0.29, 0.717) is 11.4 Å². The summed E-state index contributed by atoms with van der Waals surface area (Å²) in [6, 6.07) is 6.21. The van der Waals surface area contributed by atoms with Gasteiger partial charge in [0.15, 0.2) is 0 Å². The molecule has 0 radical (unpaired) electrons. The van der Waals surface area contributed by atoms with Crippen molar-refractivity contribution in [2.45, 2.75) is 20.8 Å². The molecule has 0 atom stereocenters. The number of benzene rings is 1. The number of nitrogens with one attached hydrogen (secondary N) is 3. The molecule has 0 aliphatic carbocycles. The van der Waals surface area contributed by atoms with Gasteiger partial charge < -0.3 is 16.0 Å². The molecule has 0 heterocycles. The van der Waals surface area contributed by atoms with Crippen molar-refractivity contribution < 1.29 is 18.0 Å². The van der Waals surface area contributed by atoms with Gasteiger partial charge in [0.1, 0.15) is 9.84 Å². The maximum Gasteiger partial charge on any atom is 0.319 e. The average molecular weight is 341 g/mol. The number of anilines is 2. The highest BCUT2D eigenvalue weighted by Gasteiger charge is 2.21. The number of hydrogen-bond acceptors (Lipinski definition) is 4. The summed E-state index contributed by atoms with van der Waals surface area (Å²) in [4.78, 5) is 23.6. The molecule has 0 saturated carbocycles. The van der Waals surface area contributed by atoms with Gasteiger partial charge in [0, 0.05) is 29.6 Å². The number of amides is 3. The topological polar surface area (TPSA) is 104 Å². The minimum Gasteiger partial charge on any atom is -0.337 e. The van der Waals surface area contributed by atoms with E-state index in [4.69, 9.17) is 0 Å². The largest absolute Gasteiger partial charge is 0.337 e. The van der Waals surface area contributed by atoms with Crippen LogP contribution in [0.2, 0.25) is 0 Å². The van der Waals surface area contributed by atoms with Crippen LogP contribution >= 0.6 is 0 Å². The number of carbonyl (C=O) groups excluding carboxylic acids is 2. The van der Waals surface area contributed by atoms with Crippen LogP contribution in [0, 0.1) is 5.41 Å². The fourth-order valence-corrected chi connectivity index (χ4v) is 1.99. The average Bonchev–Trinajstić information content (AvgIpc) is 2.36. The summed E-state index contributed by atoms with van der Waals surface area (Å²) in [5, 5.41) is 7.81. The number of hydrogen-bond donors (Lipinski definition) is 3. The number of sulfone groups is 1. The zero-order valence-corrected chi connectivity index (χ0v) is 14.6. The Morgan fingerprint density at radius 1 is 1.09 bits per heavy atom. The van der Waals surface area contributed by atoms with Crippen LogP contribution in [0.5, 0.6) is 0 Å². The second-order valence-electron chi connectivity index (χ2n) is 6.30. The number of urea groups is 1. The Morgan fingerprint density at radius 2 is 1.65 bits per heavy atom. The number of rotatable bonds is 5. The summed E-state index contributed by atoms with van der Waals surface area (Å²) in [6.45, 7) is 5.45. The smallest absolute Gasteiger partial charge is 0.319 e. The Bertz CT molecular complexity index is 678. The third-order valence-electron chi connectivity index (χ3n) is 2.82. The zero-order valence-electron chi connectivity index (χ0n) is 13.8. The molecule has 0 saturated heterocycles. The summed E-state index contributed by atoms with van der Waals surface area (Å²) in [6.07, 6.45) is 1.11. The first-order valence-electron chi connectivity index (χ1n) is 7.11. The van der Waals surface area contributed by atoms with Crippen molar-refractivity contribution in [3.8, 4) is 0 Å². The molecule has 23 heavy (non-hydrogen) atoms. The molecular formula is C15H23N3O4S. The maximum absolute atomic E-state index is 11.9. The van der Waals surface area contributed by atoms with Crippen LogP contribution in [0.4, 0.5) is 16.2 Å². The molecule has 0 aliphatic heterocycles. The Labute approximate surface area is 136 Å². The van der Waals surface area contributed by atoms with Crippen molar-refractivity contribution in [2.75, 3.05) is 29.2 Å². The van der Waals surface area contributed by atoms with Crippen molar-refractivity contribution in [2.24, 2.45) is 5.41 Å². The van der Waals surface area contributed by atoms with E-state index in [2.05, 4.69) is 16.0 Å². The lowest BCUT2D eigenvalue weighted by Crippen LogP contribution is -2.32. The second kappa shape index (κ2) is 7.45. The summed E-state index contributed by atoms with van der Waals surface area (Å²) < 4.78 is 22.0. The monoisotopic (exact) mass is 341 g/mol. The predicted molar refractivity (Wildman–Crippen MR) is 91.3 cm³/mol. The highest BCUT2D eigenvalue weighted by atomic mass is 32.2. The van der Waals surface area contributed by atoms with Crippen LogP contribution in [0.1, 0.15) is 20.8 Å². The Kier molecular flexibility index (Phi) is 6.14. The minimum absolute atomic E-state index is 0.0329. The Balaban J connectivity index is 2.60. The molecule has 0 unspecified atom stereocenters. The number of carbonyl (C=O) groups is 2. The molecule has 1 aromatic rings. The molecule has 1 rings (SSSR count). The van der Waals surface area contributed by atoms with Crippen molar-refractivity contribution in [1.82, 2.24) is 5.32 Å². The molecule has 0 aliphatic rings. The molecule has 7 nitrogen and oxygen atoms in total. The first kappa shape index (κ1) is 19.0. The van der Waals surface area contributed by atoms with Gasteiger partial charge in [-0.1, -0.05) is 26.8 Å². The molecule has 1 aromatic carbocycles. The lowest BCUT2D eigenvalue weighted by atomic mass is 9.95. The molecule has 3 amide bonds. The highest BCUT2D eigenvalue weighted by Crippen LogP contribution is 2.19. The van der Waals surface area contributed by atoms with Gasteiger partial charge in [-0.3, -0.25) is 4.79 Å². The summed E-state index contributed by atoms with van der Waals surface area (Å²) >= 11 is 0. The molecule has 8 heteroatoms. The van der Waals surface area contributed by atoms with Gasteiger partial charge in [0.05, 0.1) is 5.75 Å². The lowest BCUT2D eigenvalue weighted by molar-refractivity contribution is -0.123. The van der Waals surface area contributed by atoms with Crippen molar-refractivity contribution in [1.29, 1.82) is 0 Å². The lowest BCUT2D eigenvalue weighted by Gasteiger charge is -2.18. The van der Waals surface area contributed by atoms with Crippen LogP contribution in [0.3, 0.4) is 0 Å². The normalized spacial score (nSPS) is 11.7. The van der Waals surface area contributed by atoms with E-state index in [-0.39, 0.29) is 18.2 Å². The maximum atomic E-state index is 11.9. The molecule has 0 bridgehead atoms. The quantitative estimate of drug-likeness (QED) is 0.760. The van der Waals surface area contributed by atoms with Gasteiger partial charge in [-0.05, 0) is 18.2 Å². The van der Waals surface area contributed by atoms with Gasteiger partial charge in [-0.2, -0.15) is 0 Å². The van der Waals surface area contributed by atoms with Gasteiger partial charge >= 0.3 is 6.03 Å². The summed E-state index contributed by atoms with van der Waals surface area (Å²) in [5.74, 6) is -0.255. The first-order valence-corrected chi connectivity index (χ1v) is 9.17. The van der Waals surface area contributed by atoms with Gasteiger partial charge in [-0.25, -0.2) is 13.2 Å². The van der Waals surface area contributed by atoms with Crippen LogP contribution in [0.25, 0.3) is 0 Å². The third-order valence-corrected chi connectivity index (χ3v) is 3.76. The Hall–Kier alpha value is -2.09. The van der Waals surface area contributed by atoms with Crippen LogP contribution in [-0.4, -0.2) is 38.9 Å². The SMILES string of the molecule is CC(C)(C)C(=O)Nc1cccc(NC(=O)NCCS(C)(=O)=O)c1. The first-order chi connectivity index (χ1) is 10.5. The summed E-state index contributed by atoms with van der Waals surface area (Å²) in [5.41, 5.74) is 0.541. The molecule has 3 N–H and O–H groups in total. The third kappa shape index (κ3) is 7.64. The highest BCUT2D eigenvalue weighted by molar-refractivity contribution is 7.90. The van der Waals surface area contributed by atoms with Gasteiger partial charge in [0.2, 0.25) is 5.91 Å². The van der Waals surface area contributed by atoms with Crippen molar-refractivity contribution in [3.63, 3.8) is 0 Å². The van der Waals surface area contributed by atoms with Gasteiger partial charge in [-0.15, -0.1) is 0 Å². The van der Waals surface area contributed by atoms with Crippen LogP contribution in [-0.2, 0) is 14.6 Å². The van der Waals surface area contributed by atoms with Crippen LogP contribution < -0.4 is 16.0 Å². The fraction of sp³-hybridized carbons (Fsp3) is 0.467. The van der Waals surface area contributed by atoms with Crippen molar-refractivity contribution in [3.05, 3.63) is 24.3 Å². The minimum atomic E-state index is -3.12. The van der Waals surface area contributed by atoms with Gasteiger partial charge in [0.25, 0.3) is 0 Å². The van der Waals surface area contributed by atoms with E-state index in [0.717, 1.165) is 6.26 Å². The van der Waals surface area contributed by atoms with E-state index >= 15 is 0 Å². The summed E-state index contributed by atoms with van der Waals surface area (Å²) in [7, 11) is -3.12. The molecular weight excluding hydrogens is 318 g/mol. The van der Waals surface area contributed by atoms with E-state index in [1.165, 1.54) is 0 Å². The zero-order chi connectivity index (χ0) is 17.7. The predicted octanol–water partition coefficient (Wildman–Crippen LogP) is 1.84. The molecule has 0 spiro atoms. The standard InChI is InChI=1S/C15H23N3O4S/c1-15(2,3)13(19)17-11-6-5-7-12(10-11)18-14(20)16-8-9-23(4,21)22/h5-7,10H,8-9H2,1-4H3,(H,17,19)(H2,16,18,20). The Morgan fingerprint density at radius 3 is 2.17 bits per heavy atom. The second-order valence-corrected chi connectivity index (χ2v) is 8.56. The molecule has 128 valence electrons. The van der Waals surface area contributed by atoms with E-state index in [1.807, 2.05) is 0 Å². The molecule has 0 aromatic heterocycles. The van der Waals surface area contributed by atoms with Crippen LogP contribution in [0.15, 0.2) is 24.3 Å². The van der Waals surface area contributed by atoms with E-state index in [9.17, 15) is 18.0 Å².